The third-order valence-electron chi connectivity index (χ3n) is 3.55. The van der Waals surface area contributed by atoms with Crippen LogP contribution in [-0.2, 0) is 0 Å². The summed E-state index contributed by atoms with van der Waals surface area (Å²) >= 11 is 0. The number of hydrogen-bond acceptors (Lipinski definition) is 5. The van der Waals surface area contributed by atoms with E-state index in [0.29, 0.717) is 12.4 Å². The summed E-state index contributed by atoms with van der Waals surface area (Å²) in [6.07, 6.45) is 6.05. The van der Waals surface area contributed by atoms with E-state index in [4.69, 9.17) is 5.73 Å². The van der Waals surface area contributed by atoms with Crippen molar-refractivity contribution in [1.29, 1.82) is 0 Å². The maximum atomic E-state index is 13.7. The minimum atomic E-state index is -0.944. The predicted molar refractivity (Wildman–Crippen MR) is 89.0 cm³/mol. The van der Waals surface area contributed by atoms with Gasteiger partial charge in [-0.15, -0.1) is 0 Å². The molecule has 0 spiro atoms. The van der Waals surface area contributed by atoms with Crippen molar-refractivity contribution >= 4 is 11.6 Å². The van der Waals surface area contributed by atoms with Gasteiger partial charge in [0.15, 0.2) is 11.6 Å². The van der Waals surface area contributed by atoms with Crippen LogP contribution in [0.4, 0.5) is 14.5 Å². The molecule has 23 heavy (non-hydrogen) atoms. The molecule has 5 nitrogen and oxygen atoms in total. The van der Waals surface area contributed by atoms with Gasteiger partial charge >= 0.3 is 0 Å². The fourth-order valence-corrected chi connectivity index (χ4v) is 2.31. The molecule has 0 aromatic heterocycles. The smallest absolute Gasteiger partial charge is 0.202 e. The molecule has 0 fully saturated rings. The SMILES string of the molecule is CN(C)CCCCC1(N)C=CNC(Nc2cccc(F)c2F)=N1. The van der Waals surface area contributed by atoms with Crippen molar-refractivity contribution in [3.8, 4) is 0 Å². The molecule has 2 rings (SSSR count). The summed E-state index contributed by atoms with van der Waals surface area (Å²) in [4.78, 5) is 6.49. The van der Waals surface area contributed by atoms with Gasteiger partial charge in [-0.1, -0.05) is 6.07 Å². The highest BCUT2D eigenvalue weighted by Gasteiger charge is 2.24. The number of nitrogens with zero attached hydrogens (tertiary/aromatic N) is 2. The molecule has 0 amide bonds. The molecule has 1 unspecified atom stereocenters. The van der Waals surface area contributed by atoms with E-state index >= 15 is 0 Å². The van der Waals surface area contributed by atoms with E-state index in [0.717, 1.165) is 25.5 Å². The molecule has 1 heterocycles. The molecule has 1 aromatic rings. The van der Waals surface area contributed by atoms with E-state index in [9.17, 15) is 8.78 Å². The van der Waals surface area contributed by atoms with Crippen LogP contribution in [0, 0.1) is 11.6 Å². The summed E-state index contributed by atoms with van der Waals surface area (Å²) < 4.78 is 26.9. The van der Waals surface area contributed by atoms with Crippen LogP contribution in [0.2, 0.25) is 0 Å². The number of nitrogens with one attached hydrogen (secondary N) is 2. The van der Waals surface area contributed by atoms with Crippen molar-refractivity contribution in [3.63, 3.8) is 0 Å². The summed E-state index contributed by atoms with van der Waals surface area (Å²) in [5.74, 6) is -1.56. The topological polar surface area (TPSA) is 65.7 Å². The number of rotatable bonds is 6. The molecule has 0 aliphatic carbocycles. The lowest BCUT2D eigenvalue weighted by Gasteiger charge is -2.27. The molecule has 1 aliphatic heterocycles. The zero-order chi connectivity index (χ0) is 16.9. The van der Waals surface area contributed by atoms with Crippen molar-refractivity contribution in [2.45, 2.75) is 24.9 Å². The highest BCUT2D eigenvalue weighted by atomic mass is 19.2. The van der Waals surface area contributed by atoms with Gasteiger partial charge in [0.05, 0.1) is 5.69 Å². The third-order valence-corrected chi connectivity index (χ3v) is 3.55. The quantitative estimate of drug-likeness (QED) is 0.703. The monoisotopic (exact) mass is 323 g/mol. The highest BCUT2D eigenvalue weighted by molar-refractivity contribution is 5.95. The molecule has 0 radical (unpaired) electrons. The second-order valence-corrected chi connectivity index (χ2v) is 5.92. The van der Waals surface area contributed by atoms with E-state index in [1.807, 2.05) is 14.1 Å². The number of anilines is 1. The average molecular weight is 323 g/mol. The van der Waals surface area contributed by atoms with Crippen molar-refractivity contribution < 1.29 is 8.78 Å². The average Bonchev–Trinajstić information content (AvgIpc) is 2.48. The van der Waals surface area contributed by atoms with Gasteiger partial charge in [-0.2, -0.15) is 0 Å². The standard InChI is InChI=1S/C16H23F2N5/c1-23(2)11-4-3-8-16(19)9-10-20-15(22-16)21-13-7-5-6-12(17)14(13)18/h5-7,9-10H,3-4,8,11,19H2,1-2H3,(H2,20,21,22). The Morgan fingerprint density at radius 2 is 2.09 bits per heavy atom. The molecular formula is C16H23F2N5. The van der Waals surface area contributed by atoms with Crippen LogP contribution in [0.25, 0.3) is 0 Å². The van der Waals surface area contributed by atoms with Crippen molar-refractivity contribution in [2.75, 3.05) is 26.0 Å². The van der Waals surface area contributed by atoms with E-state index in [-0.39, 0.29) is 5.69 Å². The molecule has 4 N–H and O–H groups in total. The maximum absolute atomic E-state index is 13.7. The molecule has 1 aliphatic rings. The van der Waals surface area contributed by atoms with E-state index in [1.165, 1.54) is 12.1 Å². The van der Waals surface area contributed by atoms with Gasteiger partial charge in [0.25, 0.3) is 0 Å². The summed E-state index contributed by atoms with van der Waals surface area (Å²) in [7, 11) is 4.05. The number of aliphatic imine (C=N–C) groups is 1. The Morgan fingerprint density at radius 1 is 1.30 bits per heavy atom. The van der Waals surface area contributed by atoms with Gasteiger partial charge in [-0.25, -0.2) is 13.8 Å². The molecule has 126 valence electrons. The zero-order valence-corrected chi connectivity index (χ0v) is 13.4. The van der Waals surface area contributed by atoms with Gasteiger partial charge in [-0.3, -0.25) is 0 Å². The van der Waals surface area contributed by atoms with Crippen LogP contribution in [0.3, 0.4) is 0 Å². The van der Waals surface area contributed by atoms with Crippen LogP contribution in [0.15, 0.2) is 35.5 Å². The molecule has 0 bridgehead atoms. The number of hydrogen-bond donors (Lipinski definition) is 3. The van der Waals surface area contributed by atoms with Crippen LogP contribution in [-0.4, -0.2) is 37.2 Å². The minimum Gasteiger partial charge on any atom is -0.333 e. The maximum Gasteiger partial charge on any atom is 0.202 e. The summed E-state index contributed by atoms with van der Waals surface area (Å²) in [5.41, 5.74) is 5.42. The van der Waals surface area contributed by atoms with Crippen LogP contribution in [0.5, 0.6) is 0 Å². The Bertz CT molecular complexity index is 600. The largest absolute Gasteiger partial charge is 0.333 e. The molecule has 0 saturated carbocycles. The van der Waals surface area contributed by atoms with E-state index in [2.05, 4.69) is 20.5 Å². The zero-order valence-electron chi connectivity index (χ0n) is 13.4. The summed E-state index contributed by atoms with van der Waals surface area (Å²) in [5, 5.41) is 5.60. The van der Waals surface area contributed by atoms with Gasteiger partial charge in [-0.05, 0) is 58.1 Å². The predicted octanol–water partition coefficient (Wildman–Crippen LogP) is 2.24. The molecule has 7 heteroatoms. The fourth-order valence-electron chi connectivity index (χ4n) is 2.31. The number of guanidine groups is 1. The molecule has 1 aromatic carbocycles. The minimum absolute atomic E-state index is 0.0153. The molecular weight excluding hydrogens is 300 g/mol. The Morgan fingerprint density at radius 3 is 2.83 bits per heavy atom. The fraction of sp³-hybridized carbons (Fsp3) is 0.438. The van der Waals surface area contributed by atoms with Crippen LogP contribution < -0.4 is 16.4 Å². The highest BCUT2D eigenvalue weighted by Crippen LogP contribution is 2.20. The first kappa shape index (κ1) is 17.4. The summed E-state index contributed by atoms with van der Waals surface area (Å²) in [6.45, 7) is 0.987. The number of benzene rings is 1. The van der Waals surface area contributed by atoms with Crippen molar-refractivity contribution in [2.24, 2.45) is 10.7 Å². The van der Waals surface area contributed by atoms with Crippen molar-refractivity contribution in [1.82, 2.24) is 10.2 Å². The van der Waals surface area contributed by atoms with Crippen LogP contribution in [0.1, 0.15) is 19.3 Å². The summed E-state index contributed by atoms with van der Waals surface area (Å²) in [6, 6.07) is 3.93. The molecule has 1 atom stereocenters. The Hall–Kier alpha value is -1.99. The lowest BCUT2D eigenvalue weighted by molar-refractivity contribution is 0.376. The number of halogens is 2. The van der Waals surface area contributed by atoms with E-state index in [1.54, 1.807) is 12.3 Å². The van der Waals surface area contributed by atoms with Gasteiger partial charge in [0.1, 0.15) is 5.66 Å². The molecule has 0 saturated heterocycles. The first-order chi connectivity index (χ1) is 10.9. The van der Waals surface area contributed by atoms with Gasteiger partial charge in [0.2, 0.25) is 5.96 Å². The lowest BCUT2D eigenvalue weighted by atomic mass is 10.0. The normalized spacial score (nSPS) is 20.3. The van der Waals surface area contributed by atoms with Gasteiger partial charge < -0.3 is 21.3 Å². The first-order valence-electron chi connectivity index (χ1n) is 7.58. The lowest BCUT2D eigenvalue weighted by Crippen LogP contribution is -2.44. The number of nitrogens with two attached hydrogens (primary N) is 1. The second-order valence-electron chi connectivity index (χ2n) is 5.92. The van der Waals surface area contributed by atoms with Crippen LogP contribution >= 0.6 is 0 Å². The third kappa shape index (κ3) is 5.01. The van der Waals surface area contributed by atoms with Gasteiger partial charge in [0, 0.05) is 6.20 Å². The first-order valence-corrected chi connectivity index (χ1v) is 7.58. The Labute approximate surface area is 135 Å². The Balaban J connectivity index is 2.00. The number of unbranched alkanes of at least 4 members (excludes halogenated alkanes) is 1. The second kappa shape index (κ2) is 7.52. The van der Waals surface area contributed by atoms with E-state index < -0.39 is 17.3 Å². The Kier molecular flexibility index (Phi) is 5.68. The van der Waals surface area contributed by atoms with Crippen molar-refractivity contribution in [3.05, 3.63) is 42.1 Å².